The first-order valence-corrected chi connectivity index (χ1v) is 5.93. The van der Waals surface area contributed by atoms with Crippen LogP contribution in [-0.2, 0) is 9.53 Å². The highest BCUT2D eigenvalue weighted by atomic mass is 35.5. The van der Waals surface area contributed by atoms with Gasteiger partial charge in [-0.15, -0.1) is 0 Å². The summed E-state index contributed by atoms with van der Waals surface area (Å²) in [6.07, 6.45) is -4.41. The first-order chi connectivity index (χ1) is 8.83. The van der Waals surface area contributed by atoms with Crippen LogP contribution in [0.25, 0.3) is 0 Å². The molecule has 1 atom stereocenters. The summed E-state index contributed by atoms with van der Waals surface area (Å²) in [4.78, 5) is 11.7. The summed E-state index contributed by atoms with van der Waals surface area (Å²) >= 11 is 5.76. The number of carbonyl (C=O) groups is 1. The largest absolute Gasteiger partial charge is 0.465 e. The zero-order valence-corrected chi connectivity index (χ0v) is 10.9. The SMILES string of the molecule is CCOC(=O)C(NCC(F)(F)F)c1cccc(Cl)c1. The maximum Gasteiger partial charge on any atom is 0.401 e. The zero-order valence-electron chi connectivity index (χ0n) is 10.1. The number of hydrogen-bond donors (Lipinski definition) is 1. The summed E-state index contributed by atoms with van der Waals surface area (Å²) in [5, 5.41) is 2.46. The molecule has 1 unspecified atom stereocenters. The van der Waals surface area contributed by atoms with Crippen LogP contribution < -0.4 is 5.32 Å². The molecule has 1 aromatic carbocycles. The van der Waals surface area contributed by atoms with E-state index < -0.39 is 24.7 Å². The van der Waals surface area contributed by atoms with E-state index in [0.29, 0.717) is 10.6 Å². The van der Waals surface area contributed by atoms with Gasteiger partial charge in [0.1, 0.15) is 6.04 Å². The van der Waals surface area contributed by atoms with E-state index in [1.165, 1.54) is 12.1 Å². The Morgan fingerprint density at radius 2 is 2.16 bits per heavy atom. The van der Waals surface area contributed by atoms with E-state index >= 15 is 0 Å². The Kier molecular flexibility index (Phi) is 5.62. The van der Waals surface area contributed by atoms with Crippen LogP contribution in [0.1, 0.15) is 18.5 Å². The number of halogens is 4. The smallest absolute Gasteiger partial charge is 0.401 e. The van der Waals surface area contributed by atoms with Gasteiger partial charge in [0.05, 0.1) is 13.2 Å². The molecular formula is C12H13ClF3NO2. The Labute approximate surface area is 113 Å². The molecule has 0 fully saturated rings. The molecule has 106 valence electrons. The molecule has 0 bridgehead atoms. The fourth-order valence-electron chi connectivity index (χ4n) is 1.47. The van der Waals surface area contributed by atoms with E-state index in [-0.39, 0.29) is 6.61 Å². The van der Waals surface area contributed by atoms with Crippen LogP contribution in [0, 0.1) is 0 Å². The molecule has 0 saturated heterocycles. The molecule has 7 heteroatoms. The molecule has 0 aromatic heterocycles. The van der Waals surface area contributed by atoms with Crippen LogP contribution in [0.5, 0.6) is 0 Å². The van der Waals surface area contributed by atoms with E-state index in [2.05, 4.69) is 5.32 Å². The van der Waals surface area contributed by atoms with Crippen molar-refractivity contribution in [2.24, 2.45) is 0 Å². The molecule has 19 heavy (non-hydrogen) atoms. The molecule has 0 radical (unpaired) electrons. The monoisotopic (exact) mass is 295 g/mol. The van der Waals surface area contributed by atoms with Gasteiger partial charge in [-0.3, -0.25) is 5.32 Å². The average molecular weight is 296 g/mol. The molecule has 0 aliphatic heterocycles. The minimum atomic E-state index is -4.41. The molecule has 1 rings (SSSR count). The maximum atomic E-state index is 12.2. The standard InChI is InChI=1S/C12H13ClF3NO2/c1-2-19-11(18)10(17-7-12(14,15)16)8-4-3-5-9(13)6-8/h3-6,10,17H,2,7H2,1H3. The van der Waals surface area contributed by atoms with Crippen molar-refractivity contribution in [3.8, 4) is 0 Å². The van der Waals surface area contributed by atoms with Gasteiger partial charge in [-0.2, -0.15) is 13.2 Å². The number of esters is 1. The van der Waals surface area contributed by atoms with Crippen LogP contribution in [0.4, 0.5) is 13.2 Å². The van der Waals surface area contributed by atoms with Gasteiger partial charge in [-0.1, -0.05) is 23.7 Å². The summed E-state index contributed by atoms with van der Waals surface area (Å²) in [7, 11) is 0. The van der Waals surface area contributed by atoms with Crippen molar-refractivity contribution in [3.63, 3.8) is 0 Å². The normalized spacial score (nSPS) is 13.1. The number of rotatable bonds is 5. The molecular weight excluding hydrogens is 283 g/mol. The van der Waals surface area contributed by atoms with Gasteiger partial charge >= 0.3 is 12.1 Å². The summed E-state index contributed by atoms with van der Waals surface area (Å²) in [6, 6.07) is 4.86. The Morgan fingerprint density at radius 3 is 2.68 bits per heavy atom. The average Bonchev–Trinajstić information content (AvgIpc) is 2.28. The number of alkyl halides is 3. The summed E-state index contributed by atoms with van der Waals surface area (Å²) in [6.45, 7) is 0.378. The van der Waals surface area contributed by atoms with E-state index in [4.69, 9.17) is 16.3 Å². The lowest BCUT2D eigenvalue weighted by Crippen LogP contribution is -2.36. The van der Waals surface area contributed by atoms with Gasteiger partial charge < -0.3 is 4.74 Å². The van der Waals surface area contributed by atoms with E-state index in [1.807, 2.05) is 0 Å². The van der Waals surface area contributed by atoms with Crippen LogP contribution in [0.2, 0.25) is 5.02 Å². The zero-order chi connectivity index (χ0) is 14.5. The number of benzene rings is 1. The molecule has 0 aliphatic rings. The fourth-order valence-corrected chi connectivity index (χ4v) is 1.67. The highest BCUT2D eigenvalue weighted by Crippen LogP contribution is 2.21. The molecule has 0 spiro atoms. The van der Waals surface area contributed by atoms with Crippen molar-refractivity contribution in [1.82, 2.24) is 5.32 Å². The lowest BCUT2D eigenvalue weighted by atomic mass is 10.1. The molecule has 0 aliphatic carbocycles. The topological polar surface area (TPSA) is 38.3 Å². The van der Waals surface area contributed by atoms with Crippen molar-refractivity contribution >= 4 is 17.6 Å². The van der Waals surface area contributed by atoms with Gasteiger partial charge in [0.15, 0.2) is 0 Å². The fraction of sp³-hybridized carbons (Fsp3) is 0.417. The molecule has 3 nitrogen and oxygen atoms in total. The summed E-state index contributed by atoms with van der Waals surface area (Å²) in [5.74, 6) is -0.769. The van der Waals surface area contributed by atoms with Crippen molar-refractivity contribution in [1.29, 1.82) is 0 Å². The van der Waals surface area contributed by atoms with Gasteiger partial charge in [0.25, 0.3) is 0 Å². The van der Waals surface area contributed by atoms with Gasteiger partial charge in [0.2, 0.25) is 0 Å². The van der Waals surface area contributed by atoms with Gasteiger partial charge in [-0.05, 0) is 24.6 Å². The number of nitrogens with one attached hydrogen (secondary N) is 1. The maximum absolute atomic E-state index is 12.2. The third-order valence-corrected chi connectivity index (χ3v) is 2.45. The number of ether oxygens (including phenoxy) is 1. The first kappa shape index (κ1) is 15.8. The molecule has 0 heterocycles. The predicted molar refractivity (Wildman–Crippen MR) is 64.9 cm³/mol. The molecule has 1 N–H and O–H groups in total. The number of carbonyl (C=O) groups excluding carboxylic acids is 1. The minimum Gasteiger partial charge on any atom is -0.465 e. The summed E-state index contributed by atoms with van der Waals surface area (Å²) in [5.41, 5.74) is 0.329. The minimum absolute atomic E-state index is 0.0869. The van der Waals surface area contributed by atoms with E-state index in [1.54, 1.807) is 19.1 Å². The second-order valence-corrected chi connectivity index (χ2v) is 4.17. The third-order valence-electron chi connectivity index (χ3n) is 2.21. The lowest BCUT2D eigenvalue weighted by Gasteiger charge is -2.18. The first-order valence-electron chi connectivity index (χ1n) is 5.55. The van der Waals surface area contributed by atoms with Crippen molar-refractivity contribution in [2.45, 2.75) is 19.1 Å². The van der Waals surface area contributed by atoms with Crippen LogP contribution in [0.15, 0.2) is 24.3 Å². The van der Waals surface area contributed by atoms with Crippen LogP contribution >= 0.6 is 11.6 Å². The highest BCUT2D eigenvalue weighted by molar-refractivity contribution is 6.30. The second-order valence-electron chi connectivity index (χ2n) is 3.74. The van der Waals surface area contributed by atoms with E-state index in [9.17, 15) is 18.0 Å². The van der Waals surface area contributed by atoms with Gasteiger partial charge in [0, 0.05) is 5.02 Å². The van der Waals surface area contributed by atoms with Crippen LogP contribution in [0.3, 0.4) is 0 Å². The van der Waals surface area contributed by atoms with Crippen molar-refractivity contribution < 1.29 is 22.7 Å². The van der Waals surface area contributed by atoms with Crippen molar-refractivity contribution in [2.75, 3.05) is 13.2 Å². The summed E-state index contributed by atoms with van der Waals surface area (Å²) < 4.78 is 41.4. The molecule has 1 aromatic rings. The highest BCUT2D eigenvalue weighted by Gasteiger charge is 2.31. The predicted octanol–water partition coefficient (Wildman–Crippen LogP) is 3.10. The van der Waals surface area contributed by atoms with Crippen LogP contribution in [-0.4, -0.2) is 25.3 Å². The Morgan fingerprint density at radius 1 is 1.47 bits per heavy atom. The van der Waals surface area contributed by atoms with E-state index in [0.717, 1.165) is 0 Å². The van der Waals surface area contributed by atoms with Crippen molar-refractivity contribution in [3.05, 3.63) is 34.9 Å². The van der Waals surface area contributed by atoms with Gasteiger partial charge in [-0.25, -0.2) is 4.79 Å². The quantitative estimate of drug-likeness (QED) is 0.848. The second kappa shape index (κ2) is 6.77. The Bertz CT molecular complexity index is 437. The lowest BCUT2D eigenvalue weighted by molar-refractivity contribution is -0.149. The Hall–Kier alpha value is -1.27. The Balaban J connectivity index is 2.89. The molecule has 0 saturated carbocycles. The third kappa shape index (κ3) is 5.48. The molecule has 0 amide bonds. The number of hydrogen-bond acceptors (Lipinski definition) is 3.